The minimum Gasteiger partial charge on any atom is -0.493 e. The smallest absolute Gasteiger partial charge is 0.260 e. The molecule has 1 aliphatic heterocycles. The van der Waals surface area contributed by atoms with Gasteiger partial charge < -0.3 is 19.4 Å². The fourth-order valence-corrected chi connectivity index (χ4v) is 4.38. The van der Waals surface area contributed by atoms with Crippen molar-refractivity contribution in [2.75, 3.05) is 40.4 Å². The number of nitrogens with one attached hydrogen (secondary N) is 1. The number of ether oxygens (including phenoxy) is 2. The van der Waals surface area contributed by atoms with Crippen LogP contribution in [0.4, 0.5) is 0 Å². The number of H-pyrrole nitrogens is 1. The molecule has 0 unspecified atom stereocenters. The predicted octanol–water partition coefficient (Wildman–Crippen LogP) is 0.964. The number of aromatic nitrogens is 2. The summed E-state index contributed by atoms with van der Waals surface area (Å²) in [5, 5.41) is 0.0576. The van der Waals surface area contributed by atoms with Gasteiger partial charge in [-0.05, 0) is 24.6 Å². The second kappa shape index (κ2) is 7.97. The number of hydrogen-bond acceptors (Lipinski definition) is 6. The van der Waals surface area contributed by atoms with Gasteiger partial charge >= 0.3 is 0 Å². The summed E-state index contributed by atoms with van der Waals surface area (Å²) in [7, 11) is -0.594. The molecule has 0 saturated carbocycles. The fourth-order valence-electron chi connectivity index (χ4n) is 3.01. The number of rotatable bonds is 5. The molecule has 1 aromatic carbocycles. The lowest BCUT2D eigenvalue weighted by Gasteiger charge is -2.22. The molecule has 1 aromatic heterocycles. The normalized spacial score (nSPS) is 16.0. The van der Waals surface area contributed by atoms with Crippen LogP contribution in [0.5, 0.6) is 11.5 Å². The Kier molecular flexibility index (Phi) is 5.66. The summed E-state index contributed by atoms with van der Waals surface area (Å²) < 4.78 is 37.1. The highest BCUT2D eigenvalue weighted by atomic mass is 32.2. The molecule has 1 fully saturated rings. The van der Waals surface area contributed by atoms with E-state index in [0.29, 0.717) is 43.1 Å². The Morgan fingerprint density at radius 2 is 1.89 bits per heavy atom. The topological polar surface area (TPSA) is 105 Å². The van der Waals surface area contributed by atoms with Gasteiger partial charge in [-0.15, -0.1) is 0 Å². The lowest BCUT2D eigenvalue weighted by atomic mass is 10.1. The number of hydrogen-bond donors (Lipinski definition) is 1. The maximum atomic E-state index is 12.9. The van der Waals surface area contributed by atoms with E-state index >= 15 is 0 Å². The van der Waals surface area contributed by atoms with Gasteiger partial charge in [-0.1, -0.05) is 0 Å². The summed E-state index contributed by atoms with van der Waals surface area (Å²) in [6.07, 6.45) is 3.16. The first-order valence-corrected chi connectivity index (χ1v) is 9.91. The molecule has 1 saturated heterocycles. The predicted molar refractivity (Wildman–Crippen MR) is 97.4 cm³/mol. The van der Waals surface area contributed by atoms with E-state index < -0.39 is 10.0 Å². The standard InChI is InChI=1S/C17H22N4O5S/c1-25-14-5-4-13(10-15(14)26-2)17(22)20-6-3-7-21(9-8-20)27(23,24)16-11-18-12-19-16/h4-5,10-12H,3,6-9H2,1-2H3,(H,18,19). The van der Waals surface area contributed by atoms with Gasteiger partial charge in [-0.2, -0.15) is 4.31 Å². The molecular weight excluding hydrogens is 372 g/mol. The summed E-state index contributed by atoms with van der Waals surface area (Å²) in [4.78, 5) is 20.9. The number of benzene rings is 1. The van der Waals surface area contributed by atoms with Crippen LogP contribution < -0.4 is 9.47 Å². The summed E-state index contributed by atoms with van der Waals surface area (Å²) in [5.41, 5.74) is 0.470. The first kappa shape index (κ1) is 19.2. The summed E-state index contributed by atoms with van der Waals surface area (Å²) in [6, 6.07) is 4.98. The van der Waals surface area contributed by atoms with E-state index in [9.17, 15) is 13.2 Å². The molecule has 2 aromatic rings. The molecule has 27 heavy (non-hydrogen) atoms. The van der Waals surface area contributed by atoms with Crippen LogP contribution in [-0.4, -0.2) is 73.9 Å². The highest BCUT2D eigenvalue weighted by Crippen LogP contribution is 2.28. The third-order valence-corrected chi connectivity index (χ3v) is 6.29. The maximum Gasteiger partial charge on any atom is 0.260 e. The van der Waals surface area contributed by atoms with Crippen LogP contribution in [0.1, 0.15) is 16.8 Å². The van der Waals surface area contributed by atoms with Crippen LogP contribution in [0, 0.1) is 0 Å². The monoisotopic (exact) mass is 394 g/mol. The number of carbonyl (C=O) groups excluding carboxylic acids is 1. The molecule has 1 N–H and O–H groups in total. The Bertz CT molecular complexity index is 898. The molecule has 0 spiro atoms. The van der Waals surface area contributed by atoms with Crippen molar-refractivity contribution in [1.29, 1.82) is 0 Å². The second-order valence-corrected chi connectivity index (χ2v) is 7.94. The Morgan fingerprint density at radius 3 is 2.56 bits per heavy atom. The summed E-state index contributed by atoms with van der Waals surface area (Å²) in [6.45, 7) is 1.35. The van der Waals surface area contributed by atoms with Gasteiger partial charge in [-0.3, -0.25) is 4.79 Å². The molecule has 0 atom stereocenters. The number of methoxy groups -OCH3 is 2. The van der Waals surface area contributed by atoms with E-state index in [-0.39, 0.29) is 17.5 Å². The quantitative estimate of drug-likeness (QED) is 0.810. The van der Waals surface area contributed by atoms with Crippen LogP contribution in [0.15, 0.2) is 35.7 Å². The number of aromatic amines is 1. The van der Waals surface area contributed by atoms with Crippen molar-refractivity contribution < 1.29 is 22.7 Å². The molecule has 1 aliphatic rings. The van der Waals surface area contributed by atoms with E-state index in [0.717, 1.165) is 0 Å². The molecule has 0 aliphatic carbocycles. The minimum absolute atomic E-state index is 0.0576. The Balaban J connectivity index is 1.73. The number of carbonyl (C=O) groups is 1. The lowest BCUT2D eigenvalue weighted by Crippen LogP contribution is -2.37. The van der Waals surface area contributed by atoms with E-state index in [4.69, 9.17) is 9.47 Å². The average Bonchev–Trinajstić information content (AvgIpc) is 3.12. The average molecular weight is 394 g/mol. The van der Waals surface area contributed by atoms with Gasteiger partial charge in [0.1, 0.15) is 0 Å². The van der Waals surface area contributed by atoms with E-state index in [1.165, 1.54) is 31.0 Å². The molecule has 3 rings (SSSR count). The number of sulfonamides is 1. The van der Waals surface area contributed by atoms with Gasteiger partial charge in [0.25, 0.3) is 15.9 Å². The molecular formula is C17H22N4O5S. The Hall–Kier alpha value is -2.59. The molecule has 10 heteroatoms. The second-order valence-electron chi connectivity index (χ2n) is 6.04. The Labute approximate surface area is 158 Å². The maximum absolute atomic E-state index is 12.9. The van der Waals surface area contributed by atoms with Gasteiger partial charge in [0.05, 0.1) is 26.7 Å². The number of nitrogens with zero attached hydrogens (tertiary/aromatic N) is 3. The van der Waals surface area contributed by atoms with Crippen molar-refractivity contribution in [1.82, 2.24) is 19.2 Å². The van der Waals surface area contributed by atoms with Gasteiger partial charge in [0.15, 0.2) is 16.5 Å². The minimum atomic E-state index is -3.63. The zero-order valence-electron chi connectivity index (χ0n) is 15.2. The lowest BCUT2D eigenvalue weighted by molar-refractivity contribution is 0.0764. The molecule has 0 bridgehead atoms. The Morgan fingerprint density at radius 1 is 1.11 bits per heavy atom. The molecule has 9 nitrogen and oxygen atoms in total. The van der Waals surface area contributed by atoms with Crippen LogP contribution in [0.3, 0.4) is 0 Å². The molecule has 1 amide bonds. The molecule has 0 radical (unpaired) electrons. The summed E-state index contributed by atoms with van der Waals surface area (Å²) in [5.74, 6) is 0.847. The van der Waals surface area contributed by atoms with Crippen molar-refractivity contribution >= 4 is 15.9 Å². The van der Waals surface area contributed by atoms with Crippen molar-refractivity contribution in [2.45, 2.75) is 11.4 Å². The van der Waals surface area contributed by atoms with E-state index in [1.54, 1.807) is 23.1 Å². The highest BCUT2D eigenvalue weighted by molar-refractivity contribution is 7.89. The third kappa shape index (κ3) is 3.91. The van der Waals surface area contributed by atoms with Gasteiger partial charge in [0.2, 0.25) is 0 Å². The zero-order valence-corrected chi connectivity index (χ0v) is 16.0. The van der Waals surface area contributed by atoms with Gasteiger partial charge in [-0.25, -0.2) is 13.4 Å². The van der Waals surface area contributed by atoms with Crippen molar-refractivity contribution in [3.05, 3.63) is 36.3 Å². The van der Waals surface area contributed by atoms with Crippen molar-refractivity contribution in [3.63, 3.8) is 0 Å². The third-order valence-electron chi connectivity index (χ3n) is 4.46. The highest BCUT2D eigenvalue weighted by Gasteiger charge is 2.29. The zero-order chi connectivity index (χ0) is 19.4. The van der Waals surface area contributed by atoms with Gasteiger partial charge in [0, 0.05) is 31.7 Å². The van der Waals surface area contributed by atoms with Crippen LogP contribution in [-0.2, 0) is 10.0 Å². The van der Waals surface area contributed by atoms with E-state index in [1.807, 2.05) is 0 Å². The van der Waals surface area contributed by atoms with Crippen LogP contribution >= 0.6 is 0 Å². The SMILES string of the molecule is COc1ccc(C(=O)N2CCCN(S(=O)(=O)c3cnc[nH]3)CC2)cc1OC. The largest absolute Gasteiger partial charge is 0.493 e. The first-order valence-electron chi connectivity index (χ1n) is 8.47. The van der Waals surface area contributed by atoms with Crippen LogP contribution in [0.25, 0.3) is 0 Å². The first-order chi connectivity index (χ1) is 13.0. The number of amides is 1. The van der Waals surface area contributed by atoms with Crippen molar-refractivity contribution in [3.8, 4) is 11.5 Å². The van der Waals surface area contributed by atoms with Crippen molar-refractivity contribution in [2.24, 2.45) is 0 Å². The molecule has 146 valence electrons. The molecule has 2 heterocycles. The number of imidazole rings is 1. The summed E-state index contributed by atoms with van der Waals surface area (Å²) >= 11 is 0. The fraction of sp³-hybridized carbons (Fsp3) is 0.412. The van der Waals surface area contributed by atoms with Crippen LogP contribution in [0.2, 0.25) is 0 Å². The van der Waals surface area contributed by atoms with E-state index in [2.05, 4.69) is 9.97 Å².